The molecule has 1 aliphatic rings. The number of nitrogens with two attached hydrogens (primary N) is 1. The maximum Gasteiger partial charge on any atom is 0.137 e. The van der Waals surface area contributed by atoms with Crippen LogP contribution in [0.15, 0.2) is 18.2 Å². The van der Waals surface area contributed by atoms with E-state index in [9.17, 15) is 0 Å². The molecule has 1 aliphatic carbocycles. The van der Waals surface area contributed by atoms with Crippen molar-refractivity contribution in [2.45, 2.75) is 31.6 Å². The van der Waals surface area contributed by atoms with Gasteiger partial charge in [-0.2, -0.15) is 0 Å². The van der Waals surface area contributed by atoms with Crippen LogP contribution in [0.4, 0.5) is 11.5 Å². The summed E-state index contributed by atoms with van der Waals surface area (Å²) in [6.45, 7) is 0. The van der Waals surface area contributed by atoms with Crippen molar-refractivity contribution < 1.29 is 0 Å². The molecule has 4 nitrogen and oxygen atoms in total. The number of nitrogens with one attached hydrogen (secondary N) is 1. The molecule has 1 heterocycles. The van der Waals surface area contributed by atoms with Crippen LogP contribution >= 0.6 is 0 Å². The van der Waals surface area contributed by atoms with Crippen molar-refractivity contribution >= 4 is 22.4 Å². The Hall–Kier alpha value is -1.84. The zero-order chi connectivity index (χ0) is 12.5. The Morgan fingerprint density at radius 1 is 1.22 bits per heavy atom. The lowest BCUT2D eigenvalue weighted by Gasteiger charge is -2.12. The molecular weight excluding hydrogens is 224 g/mol. The summed E-state index contributed by atoms with van der Waals surface area (Å²) in [7, 11) is 1.90. The van der Waals surface area contributed by atoms with Gasteiger partial charge in [0.25, 0.3) is 0 Å². The number of nitrogens with zero attached hydrogens (tertiary/aromatic N) is 2. The molecule has 1 aromatic heterocycles. The number of anilines is 2. The molecule has 94 valence electrons. The predicted molar refractivity (Wildman–Crippen MR) is 74.7 cm³/mol. The Labute approximate surface area is 107 Å². The summed E-state index contributed by atoms with van der Waals surface area (Å²) in [6, 6.07) is 5.80. The van der Waals surface area contributed by atoms with E-state index in [1.54, 1.807) is 0 Å². The summed E-state index contributed by atoms with van der Waals surface area (Å²) in [6.07, 6.45) is 4.99. The van der Waals surface area contributed by atoms with E-state index < -0.39 is 0 Å². The average molecular weight is 242 g/mol. The van der Waals surface area contributed by atoms with Gasteiger partial charge in [-0.15, -0.1) is 0 Å². The lowest BCUT2D eigenvalue weighted by molar-refractivity contribution is 0.673. The molecule has 3 N–H and O–H groups in total. The van der Waals surface area contributed by atoms with E-state index in [2.05, 4.69) is 10.3 Å². The number of hydrogen-bond acceptors (Lipinski definition) is 4. The fourth-order valence-electron chi connectivity index (χ4n) is 2.72. The molecule has 2 aromatic rings. The standard InChI is InChI=1S/C14H18N4/c1-16-14-11-7-6-10(15)8-12(11)17-13(18-14)9-4-2-3-5-9/h6-9H,2-5,15H2,1H3,(H,16,17,18). The van der Waals surface area contributed by atoms with Gasteiger partial charge in [-0.25, -0.2) is 9.97 Å². The molecule has 0 spiro atoms. The third-order valence-corrected chi connectivity index (χ3v) is 3.70. The highest BCUT2D eigenvalue weighted by Crippen LogP contribution is 2.34. The van der Waals surface area contributed by atoms with E-state index in [0.717, 1.165) is 28.2 Å². The van der Waals surface area contributed by atoms with Crippen LogP contribution in [0.2, 0.25) is 0 Å². The summed E-state index contributed by atoms with van der Waals surface area (Å²) in [4.78, 5) is 9.36. The van der Waals surface area contributed by atoms with E-state index in [0.29, 0.717) is 5.92 Å². The Bertz CT molecular complexity index is 573. The number of hydrogen-bond donors (Lipinski definition) is 2. The second-order valence-corrected chi connectivity index (χ2v) is 4.94. The van der Waals surface area contributed by atoms with Gasteiger partial charge in [0, 0.05) is 24.0 Å². The molecule has 0 unspecified atom stereocenters. The number of rotatable bonds is 2. The van der Waals surface area contributed by atoms with Gasteiger partial charge >= 0.3 is 0 Å². The van der Waals surface area contributed by atoms with E-state index in [1.807, 2.05) is 25.2 Å². The normalized spacial score (nSPS) is 16.3. The molecule has 0 bridgehead atoms. The van der Waals surface area contributed by atoms with Crippen LogP contribution in [0.25, 0.3) is 10.9 Å². The summed E-state index contributed by atoms with van der Waals surface area (Å²) in [5, 5.41) is 4.20. The molecule has 1 saturated carbocycles. The van der Waals surface area contributed by atoms with Crippen LogP contribution in [-0.2, 0) is 0 Å². The van der Waals surface area contributed by atoms with Crippen LogP contribution in [0.1, 0.15) is 37.4 Å². The predicted octanol–water partition coefficient (Wildman–Crippen LogP) is 2.91. The van der Waals surface area contributed by atoms with Gasteiger partial charge in [-0.05, 0) is 31.0 Å². The van der Waals surface area contributed by atoms with Crippen molar-refractivity contribution in [3.8, 4) is 0 Å². The molecule has 0 aliphatic heterocycles. The van der Waals surface area contributed by atoms with E-state index in [-0.39, 0.29) is 0 Å². The molecule has 3 rings (SSSR count). The highest BCUT2D eigenvalue weighted by atomic mass is 15.0. The van der Waals surface area contributed by atoms with E-state index >= 15 is 0 Å². The van der Waals surface area contributed by atoms with Crippen molar-refractivity contribution in [3.63, 3.8) is 0 Å². The van der Waals surface area contributed by atoms with Crippen molar-refractivity contribution in [3.05, 3.63) is 24.0 Å². The molecule has 0 amide bonds. The second kappa shape index (κ2) is 4.44. The maximum absolute atomic E-state index is 5.84. The molecule has 0 radical (unpaired) electrons. The first-order valence-electron chi connectivity index (χ1n) is 6.53. The van der Waals surface area contributed by atoms with Crippen molar-refractivity contribution in [1.29, 1.82) is 0 Å². The van der Waals surface area contributed by atoms with Gasteiger partial charge in [0.05, 0.1) is 5.52 Å². The maximum atomic E-state index is 5.84. The van der Waals surface area contributed by atoms with Gasteiger partial charge in [0.1, 0.15) is 11.6 Å². The van der Waals surface area contributed by atoms with Crippen LogP contribution in [0, 0.1) is 0 Å². The molecular formula is C14H18N4. The molecule has 0 atom stereocenters. The zero-order valence-electron chi connectivity index (χ0n) is 10.6. The molecule has 4 heteroatoms. The molecule has 1 aromatic carbocycles. The summed E-state index contributed by atoms with van der Waals surface area (Å²) in [5.74, 6) is 2.39. The number of aromatic nitrogens is 2. The third kappa shape index (κ3) is 1.88. The fourth-order valence-corrected chi connectivity index (χ4v) is 2.72. The first-order valence-corrected chi connectivity index (χ1v) is 6.53. The number of nitrogen functional groups attached to an aromatic ring is 1. The Balaban J connectivity index is 2.15. The van der Waals surface area contributed by atoms with Crippen LogP contribution in [0.5, 0.6) is 0 Å². The van der Waals surface area contributed by atoms with Gasteiger partial charge < -0.3 is 11.1 Å². The molecule has 0 saturated heterocycles. The van der Waals surface area contributed by atoms with Crippen molar-refractivity contribution in [1.82, 2.24) is 9.97 Å². The first kappa shape index (κ1) is 11.3. The van der Waals surface area contributed by atoms with E-state index in [1.165, 1.54) is 25.7 Å². The Kier molecular flexibility index (Phi) is 2.78. The van der Waals surface area contributed by atoms with Crippen molar-refractivity contribution in [2.24, 2.45) is 0 Å². The Morgan fingerprint density at radius 2 is 2.00 bits per heavy atom. The van der Waals surface area contributed by atoms with Gasteiger partial charge in [0.15, 0.2) is 0 Å². The van der Waals surface area contributed by atoms with Crippen LogP contribution < -0.4 is 11.1 Å². The highest BCUT2D eigenvalue weighted by molar-refractivity contribution is 5.90. The summed E-state index contributed by atoms with van der Waals surface area (Å²) in [5.41, 5.74) is 7.53. The Morgan fingerprint density at radius 3 is 2.72 bits per heavy atom. The average Bonchev–Trinajstić information content (AvgIpc) is 2.90. The minimum Gasteiger partial charge on any atom is -0.399 e. The highest BCUT2D eigenvalue weighted by Gasteiger charge is 2.21. The van der Waals surface area contributed by atoms with Gasteiger partial charge in [0.2, 0.25) is 0 Å². The van der Waals surface area contributed by atoms with E-state index in [4.69, 9.17) is 10.7 Å². The lowest BCUT2D eigenvalue weighted by Crippen LogP contribution is -2.05. The summed E-state index contributed by atoms with van der Waals surface area (Å²) < 4.78 is 0. The van der Waals surface area contributed by atoms with Crippen LogP contribution in [-0.4, -0.2) is 17.0 Å². The minimum atomic E-state index is 0.517. The number of fused-ring (bicyclic) bond motifs is 1. The van der Waals surface area contributed by atoms with Crippen LogP contribution in [0.3, 0.4) is 0 Å². The first-order chi connectivity index (χ1) is 8.78. The second-order valence-electron chi connectivity index (χ2n) is 4.94. The van der Waals surface area contributed by atoms with Gasteiger partial charge in [-0.3, -0.25) is 0 Å². The quantitative estimate of drug-likeness (QED) is 0.795. The monoisotopic (exact) mass is 242 g/mol. The van der Waals surface area contributed by atoms with Crippen molar-refractivity contribution in [2.75, 3.05) is 18.1 Å². The lowest BCUT2D eigenvalue weighted by atomic mass is 10.1. The smallest absolute Gasteiger partial charge is 0.137 e. The molecule has 1 fully saturated rings. The summed E-state index contributed by atoms with van der Waals surface area (Å²) >= 11 is 0. The number of benzene rings is 1. The topological polar surface area (TPSA) is 63.8 Å². The third-order valence-electron chi connectivity index (χ3n) is 3.70. The SMILES string of the molecule is CNc1nc(C2CCCC2)nc2cc(N)ccc12. The molecule has 18 heavy (non-hydrogen) atoms. The minimum absolute atomic E-state index is 0.517. The largest absolute Gasteiger partial charge is 0.399 e. The fraction of sp³-hybridized carbons (Fsp3) is 0.429. The van der Waals surface area contributed by atoms with Gasteiger partial charge in [-0.1, -0.05) is 12.8 Å². The zero-order valence-corrected chi connectivity index (χ0v) is 10.6.